The third kappa shape index (κ3) is 3.42. The molecule has 0 saturated carbocycles. The van der Waals surface area contributed by atoms with E-state index in [0.717, 1.165) is 43.3 Å². The second-order valence-corrected chi connectivity index (χ2v) is 7.16. The van der Waals surface area contributed by atoms with Crippen LogP contribution < -0.4 is 10.5 Å². The number of hydrogen-bond acceptors (Lipinski definition) is 7. The highest BCUT2D eigenvalue weighted by Crippen LogP contribution is 2.21. The van der Waals surface area contributed by atoms with Gasteiger partial charge in [0.25, 0.3) is 5.56 Å². The summed E-state index contributed by atoms with van der Waals surface area (Å²) >= 11 is 0. The second-order valence-electron chi connectivity index (χ2n) is 7.16. The summed E-state index contributed by atoms with van der Waals surface area (Å²) in [5.41, 5.74) is 1.23. The quantitative estimate of drug-likeness (QED) is 0.668. The van der Waals surface area contributed by atoms with E-state index in [0.29, 0.717) is 18.2 Å². The normalized spacial score (nSPS) is 16.1. The van der Waals surface area contributed by atoms with Gasteiger partial charge in [-0.1, -0.05) is 0 Å². The molecule has 0 radical (unpaired) electrons. The molecule has 3 aromatic heterocycles. The predicted octanol–water partition coefficient (Wildman–Crippen LogP) is 0.627. The fraction of sp³-hybridized carbons (Fsp3) is 0.500. The van der Waals surface area contributed by atoms with Crippen molar-refractivity contribution >= 4 is 11.5 Å². The van der Waals surface area contributed by atoms with Crippen molar-refractivity contribution in [1.82, 2.24) is 34.0 Å². The lowest BCUT2D eigenvalue weighted by molar-refractivity contribution is 0.198. The Labute approximate surface area is 157 Å². The Morgan fingerprint density at radius 2 is 1.96 bits per heavy atom. The molecular formula is C18H24N8O. The molecular weight excluding hydrogens is 344 g/mol. The van der Waals surface area contributed by atoms with E-state index in [1.54, 1.807) is 24.0 Å². The molecule has 1 aliphatic rings. The van der Waals surface area contributed by atoms with Crippen molar-refractivity contribution in [2.24, 2.45) is 7.05 Å². The van der Waals surface area contributed by atoms with Gasteiger partial charge in [0.1, 0.15) is 12.1 Å². The summed E-state index contributed by atoms with van der Waals surface area (Å²) in [6.45, 7) is 4.62. The third-order valence-electron chi connectivity index (χ3n) is 5.34. The molecule has 142 valence electrons. The van der Waals surface area contributed by atoms with Crippen LogP contribution in [0.4, 0.5) is 5.82 Å². The topological polar surface area (TPSA) is 84.5 Å². The van der Waals surface area contributed by atoms with E-state index in [4.69, 9.17) is 0 Å². The zero-order valence-corrected chi connectivity index (χ0v) is 15.9. The van der Waals surface area contributed by atoms with E-state index in [9.17, 15) is 4.79 Å². The van der Waals surface area contributed by atoms with Gasteiger partial charge in [0.15, 0.2) is 5.82 Å². The molecule has 0 aromatic carbocycles. The molecule has 0 atom stereocenters. The number of nitrogens with zero attached hydrogens (tertiary/aromatic N) is 8. The molecule has 1 fully saturated rings. The van der Waals surface area contributed by atoms with Gasteiger partial charge in [-0.05, 0) is 19.8 Å². The number of likely N-dealkylation sites (tertiary alicyclic amines) is 1. The number of rotatable bonds is 4. The maximum atomic E-state index is 12.1. The predicted molar refractivity (Wildman–Crippen MR) is 102 cm³/mol. The highest BCUT2D eigenvalue weighted by molar-refractivity contribution is 5.39. The number of aryl methyl sites for hydroxylation is 2. The number of fused-ring (bicyclic) bond motifs is 1. The summed E-state index contributed by atoms with van der Waals surface area (Å²) in [5.74, 6) is 1.78. The van der Waals surface area contributed by atoms with Gasteiger partial charge < -0.3 is 9.47 Å². The minimum absolute atomic E-state index is 0.128. The minimum atomic E-state index is -0.128. The summed E-state index contributed by atoms with van der Waals surface area (Å²) in [6.07, 6.45) is 7.32. The van der Waals surface area contributed by atoms with Crippen LogP contribution in [0.1, 0.15) is 24.4 Å². The van der Waals surface area contributed by atoms with E-state index >= 15 is 0 Å². The van der Waals surface area contributed by atoms with E-state index in [1.807, 2.05) is 19.2 Å². The lowest BCUT2D eigenvalue weighted by atomic mass is 10.0. The smallest absolute Gasteiger partial charge is 0.295 e. The number of piperidine rings is 1. The Kier molecular flexibility index (Phi) is 4.61. The van der Waals surface area contributed by atoms with Crippen molar-refractivity contribution in [1.29, 1.82) is 0 Å². The molecule has 9 nitrogen and oxygen atoms in total. The molecule has 0 N–H and O–H groups in total. The molecule has 0 amide bonds. The third-order valence-corrected chi connectivity index (χ3v) is 5.34. The highest BCUT2D eigenvalue weighted by atomic mass is 16.1. The maximum absolute atomic E-state index is 12.1. The first-order valence-electron chi connectivity index (χ1n) is 9.16. The fourth-order valence-corrected chi connectivity index (χ4v) is 3.61. The highest BCUT2D eigenvalue weighted by Gasteiger charge is 2.24. The van der Waals surface area contributed by atoms with Gasteiger partial charge in [0.2, 0.25) is 5.65 Å². The van der Waals surface area contributed by atoms with Crippen LogP contribution in [0.15, 0.2) is 29.6 Å². The molecule has 0 aliphatic carbocycles. The summed E-state index contributed by atoms with van der Waals surface area (Å²) in [5, 5.41) is 8.30. The van der Waals surface area contributed by atoms with Crippen molar-refractivity contribution in [3.63, 3.8) is 0 Å². The van der Waals surface area contributed by atoms with Crippen LogP contribution in [0, 0.1) is 6.92 Å². The Balaban J connectivity index is 1.41. The van der Waals surface area contributed by atoms with Gasteiger partial charge >= 0.3 is 0 Å². The van der Waals surface area contributed by atoms with Crippen molar-refractivity contribution in [2.45, 2.75) is 32.4 Å². The van der Waals surface area contributed by atoms with Gasteiger partial charge in [-0.25, -0.2) is 9.97 Å². The van der Waals surface area contributed by atoms with E-state index in [1.165, 1.54) is 4.57 Å². The van der Waals surface area contributed by atoms with Gasteiger partial charge in [-0.2, -0.15) is 0 Å². The summed E-state index contributed by atoms with van der Waals surface area (Å²) in [7, 11) is 3.82. The average Bonchev–Trinajstić information content (AvgIpc) is 3.08. The lowest BCUT2D eigenvalue weighted by Gasteiger charge is -2.37. The summed E-state index contributed by atoms with van der Waals surface area (Å²) in [6, 6.07) is 2.48. The van der Waals surface area contributed by atoms with E-state index in [-0.39, 0.29) is 5.56 Å². The Morgan fingerprint density at radius 1 is 1.19 bits per heavy atom. The zero-order chi connectivity index (χ0) is 19.0. The van der Waals surface area contributed by atoms with Gasteiger partial charge in [0, 0.05) is 57.4 Å². The SMILES string of the molecule is Cc1cc(N(C)C2CCN(Cc3nnc4c(=O)n(C)ccn34)CC2)ncn1. The molecule has 1 aliphatic heterocycles. The molecule has 4 rings (SSSR count). The van der Waals surface area contributed by atoms with Crippen LogP contribution in [-0.4, -0.2) is 60.2 Å². The lowest BCUT2D eigenvalue weighted by Crippen LogP contribution is -2.43. The Hall–Kier alpha value is -2.81. The molecule has 0 spiro atoms. The first-order valence-corrected chi connectivity index (χ1v) is 9.16. The monoisotopic (exact) mass is 368 g/mol. The van der Waals surface area contributed by atoms with Gasteiger partial charge in [-0.3, -0.25) is 14.1 Å². The first-order chi connectivity index (χ1) is 13.0. The van der Waals surface area contributed by atoms with Crippen LogP contribution in [-0.2, 0) is 13.6 Å². The number of hydrogen-bond donors (Lipinski definition) is 0. The summed E-state index contributed by atoms with van der Waals surface area (Å²) < 4.78 is 3.31. The molecule has 27 heavy (non-hydrogen) atoms. The van der Waals surface area contributed by atoms with Crippen LogP contribution in [0.25, 0.3) is 5.65 Å². The molecule has 1 saturated heterocycles. The standard InChI is InChI=1S/C18H24N8O/c1-13-10-15(20-12-19-13)24(3)14-4-6-25(7-5-14)11-16-21-22-17-18(27)23(2)8-9-26(16)17/h8-10,12,14H,4-7,11H2,1-3H3. The largest absolute Gasteiger partial charge is 0.356 e. The van der Waals surface area contributed by atoms with Gasteiger partial charge in [-0.15, -0.1) is 10.2 Å². The molecule has 0 unspecified atom stereocenters. The van der Waals surface area contributed by atoms with Crippen LogP contribution in [0.3, 0.4) is 0 Å². The molecule has 4 heterocycles. The van der Waals surface area contributed by atoms with Crippen molar-refractivity contribution in [3.05, 3.63) is 46.7 Å². The Bertz CT molecular complexity index is 1000. The van der Waals surface area contributed by atoms with Crippen molar-refractivity contribution in [2.75, 3.05) is 25.0 Å². The summed E-state index contributed by atoms with van der Waals surface area (Å²) in [4.78, 5) is 25.3. The first kappa shape index (κ1) is 17.6. The van der Waals surface area contributed by atoms with Crippen molar-refractivity contribution in [3.8, 4) is 0 Å². The zero-order valence-electron chi connectivity index (χ0n) is 15.9. The Morgan fingerprint density at radius 3 is 2.70 bits per heavy atom. The van der Waals surface area contributed by atoms with Crippen molar-refractivity contribution < 1.29 is 0 Å². The van der Waals surface area contributed by atoms with E-state index < -0.39 is 0 Å². The molecule has 0 bridgehead atoms. The average molecular weight is 368 g/mol. The van der Waals surface area contributed by atoms with Crippen LogP contribution in [0.5, 0.6) is 0 Å². The molecule has 3 aromatic rings. The fourth-order valence-electron chi connectivity index (χ4n) is 3.61. The number of aromatic nitrogens is 6. The second kappa shape index (κ2) is 7.07. The molecule has 9 heteroatoms. The maximum Gasteiger partial charge on any atom is 0.295 e. The minimum Gasteiger partial charge on any atom is -0.356 e. The van der Waals surface area contributed by atoms with E-state index in [2.05, 4.69) is 37.0 Å². The number of anilines is 1. The van der Waals surface area contributed by atoms with Crippen LogP contribution >= 0.6 is 0 Å². The van der Waals surface area contributed by atoms with Gasteiger partial charge in [0.05, 0.1) is 6.54 Å². The van der Waals surface area contributed by atoms with Crippen LogP contribution in [0.2, 0.25) is 0 Å².